The summed E-state index contributed by atoms with van der Waals surface area (Å²) in [6.07, 6.45) is 5.54. The van der Waals surface area contributed by atoms with Crippen LogP contribution in [0.3, 0.4) is 0 Å². The lowest BCUT2D eigenvalue weighted by Gasteiger charge is -2.09. The van der Waals surface area contributed by atoms with E-state index in [1.54, 1.807) is 0 Å². The molecule has 3 nitrogen and oxygen atoms in total. The van der Waals surface area contributed by atoms with Gasteiger partial charge >= 0.3 is 0 Å². The minimum absolute atomic E-state index is 0.666. The second-order valence-corrected chi connectivity index (χ2v) is 5.80. The van der Waals surface area contributed by atoms with Gasteiger partial charge in [0, 0.05) is 23.8 Å². The average molecular weight is 322 g/mol. The van der Waals surface area contributed by atoms with Gasteiger partial charge in [0.25, 0.3) is 0 Å². The van der Waals surface area contributed by atoms with Gasteiger partial charge in [0.15, 0.2) is 0 Å². The van der Waals surface area contributed by atoms with Crippen LogP contribution in [0.4, 0.5) is 0 Å². The summed E-state index contributed by atoms with van der Waals surface area (Å²) in [5.41, 5.74) is 2.96. The fourth-order valence-electron chi connectivity index (χ4n) is 2.57. The van der Waals surface area contributed by atoms with Crippen molar-refractivity contribution in [1.29, 1.82) is 5.26 Å². The third kappa shape index (κ3) is 3.80. The monoisotopic (exact) mass is 321 g/mol. The molecule has 0 spiro atoms. The first-order chi connectivity index (χ1) is 11.3. The van der Waals surface area contributed by atoms with Gasteiger partial charge in [-0.1, -0.05) is 41.9 Å². The average Bonchev–Trinajstić information content (AvgIpc) is 3.02. The number of imidazole rings is 1. The fourth-order valence-corrected chi connectivity index (χ4v) is 2.70. The van der Waals surface area contributed by atoms with Crippen molar-refractivity contribution >= 4 is 11.6 Å². The second-order valence-electron chi connectivity index (χ2n) is 5.37. The van der Waals surface area contributed by atoms with Crippen molar-refractivity contribution in [2.45, 2.75) is 19.4 Å². The van der Waals surface area contributed by atoms with Crippen molar-refractivity contribution in [2.75, 3.05) is 0 Å². The third-order valence-electron chi connectivity index (χ3n) is 3.83. The molecule has 0 saturated carbocycles. The molecule has 3 aromatic rings. The number of halogens is 1. The maximum atomic E-state index is 9.21. The standard InChI is InChI=1S/C19H16ClN3/c20-18-8-5-15(6-9-18)7-10-19-22-11-12-23(19)14-17-4-2-1-3-16(17)13-21/h1-6,8-9,11-12H,7,10,14H2. The van der Waals surface area contributed by atoms with Crippen LogP contribution in [0, 0.1) is 11.3 Å². The summed E-state index contributed by atoms with van der Waals surface area (Å²) in [5.74, 6) is 1.02. The summed E-state index contributed by atoms with van der Waals surface area (Å²) in [7, 11) is 0. The highest BCUT2D eigenvalue weighted by atomic mass is 35.5. The lowest BCUT2D eigenvalue weighted by molar-refractivity contribution is 0.711. The van der Waals surface area contributed by atoms with Crippen molar-refractivity contribution < 1.29 is 0 Å². The third-order valence-corrected chi connectivity index (χ3v) is 4.08. The van der Waals surface area contributed by atoms with Crippen molar-refractivity contribution in [3.05, 3.63) is 88.5 Å². The fraction of sp³-hybridized carbons (Fsp3) is 0.158. The van der Waals surface area contributed by atoms with Crippen molar-refractivity contribution in [2.24, 2.45) is 0 Å². The van der Waals surface area contributed by atoms with Gasteiger partial charge in [-0.05, 0) is 35.7 Å². The smallest absolute Gasteiger partial charge is 0.109 e. The summed E-state index contributed by atoms with van der Waals surface area (Å²) in [6, 6.07) is 17.8. The van der Waals surface area contributed by atoms with Gasteiger partial charge in [-0.3, -0.25) is 0 Å². The first kappa shape index (κ1) is 15.3. The molecule has 0 unspecified atom stereocenters. The van der Waals surface area contributed by atoms with E-state index < -0.39 is 0 Å². The quantitative estimate of drug-likeness (QED) is 0.705. The summed E-state index contributed by atoms with van der Waals surface area (Å²) < 4.78 is 2.10. The number of rotatable bonds is 5. The molecule has 0 atom stereocenters. The van der Waals surface area contributed by atoms with Crippen LogP contribution < -0.4 is 0 Å². The van der Waals surface area contributed by atoms with Crippen LogP contribution >= 0.6 is 11.6 Å². The molecule has 0 amide bonds. The maximum Gasteiger partial charge on any atom is 0.109 e. The van der Waals surface area contributed by atoms with E-state index in [4.69, 9.17) is 11.6 Å². The largest absolute Gasteiger partial charge is 0.330 e. The molecule has 0 aliphatic carbocycles. The first-order valence-corrected chi connectivity index (χ1v) is 7.86. The Labute approximate surface area is 140 Å². The van der Waals surface area contributed by atoms with E-state index in [1.807, 2.05) is 60.9 Å². The Morgan fingerprint density at radius 2 is 1.83 bits per heavy atom. The zero-order chi connectivity index (χ0) is 16.1. The van der Waals surface area contributed by atoms with E-state index in [2.05, 4.69) is 15.6 Å². The minimum atomic E-state index is 0.666. The second kappa shape index (κ2) is 7.13. The minimum Gasteiger partial charge on any atom is -0.330 e. The molecule has 1 heterocycles. The molecular weight excluding hydrogens is 306 g/mol. The van der Waals surface area contributed by atoms with E-state index in [0.717, 1.165) is 29.3 Å². The van der Waals surface area contributed by atoms with Crippen LogP contribution in [0.15, 0.2) is 60.9 Å². The Kier molecular flexibility index (Phi) is 4.75. The van der Waals surface area contributed by atoms with Crippen molar-refractivity contribution in [3.63, 3.8) is 0 Å². The zero-order valence-electron chi connectivity index (χ0n) is 12.6. The molecule has 0 aliphatic heterocycles. The van der Waals surface area contributed by atoms with Crippen LogP contribution in [-0.4, -0.2) is 9.55 Å². The predicted molar refractivity (Wildman–Crippen MR) is 91.3 cm³/mol. The topological polar surface area (TPSA) is 41.6 Å². The zero-order valence-corrected chi connectivity index (χ0v) is 13.4. The molecule has 114 valence electrons. The van der Waals surface area contributed by atoms with Crippen LogP contribution in [0.25, 0.3) is 0 Å². The van der Waals surface area contributed by atoms with E-state index in [-0.39, 0.29) is 0 Å². The molecule has 0 bridgehead atoms. The number of hydrogen-bond donors (Lipinski definition) is 0. The van der Waals surface area contributed by atoms with Gasteiger partial charge in [-0.15, -0.1) is 0 Å². The maximum absolute atomic E-state index is 9.21. The highest BCUT2D eigenvalue weighted by Gasteiger charge is 2.07. The molecule has 0 saturated heterocycles. The summed E-state index contributed by atoms with van der Waals surface area (Å²) >= 11 is 5.91. The number of aryl methyl sites for hydroxylation is 2. The molecule has 0 radical (unpaired) electrons. The number of nitrogens with zero attached hydrogens (tertiary/aromatic N) is 3. The molecule has 23 heavy (non-hydrogen) atoms. The van der Waals surface area contributed by atoms with Gasteiger partial charge in [-0.2, -0.15) is 5.26 Å². The number of nitriles is 1. The van der Waals surface area contributed by atoms with E-state index >= 15 is 0 Å². The van der Waals surface area contributed by atoms with Crippen molar-refractivity contribution in [1.82, 2.24) is 9.55 Å². The van der Waals surface area contributed by atoms with Gasteiger partial charge < -0.3 is 4.57 Å². The van der Waals surface area contributed by atoms with Gasteiger partial charge in [-0.25, -0.2) is 4.98 Å². The van der Waals surface area contributed by atoms with Crippen LogP contribution in [0.1, 0.15) is 22.5 Å². The molecule has 0 fully saturated rings. The Morgan fingerprint density at radius 1 is 1.04 bits per heavy atom. The normalized spacial score (nSPS) is 10.4. The molecule has 0 N–H and O–H groups in total. The number of hydrogen-bond acceptors (Lipinski definition) is 2. The van der Waals surface area contributed by atoms with Gasteiger partial charge in [0.2, 0.25) is 0 Å². The number of aromatic nitrogens is 2. The molecule has 4 heteroatoms. The Hall–Kier alpha value is -2.57. The van der Waals surface area contributed by atoms with Gasteiger partial charge in [0.1, 0.15) is 5.82 Å². The lowest BCUT2D eigenvalue weighted by Crippen LogP contribution is -2.07. The molecule has 1 aromatic heterocycles. The Bertz CT molecular complexity index is 828. The summed E-state index contributed by atoms with van der Waals surface area (Å²) in [5, 5.41) is 9.96. The van der Waals surface area contributed by atoms with Crippen LogP contribution in [0.5, 0.6) is 0 Å². The lowest BCUT2D eigenvalue weighted by atomic mass is 10.1. The van der Waals surface area contributed by atoms with E-state index in [0.29, 0.717) is 12.1 Å². The van der Waals surface area contributed by atoms with E-state index in [1.165, 1.54) is 5.56 Å². The Balaban J connectivity index is 1.72. The highest BCUT2D eigenvalue weighted by Crippen LogP contribution is 2.14. The highest BCUT2D eigenvalue weighted by molar-refractivity contribution is 6.30. The van der Waals surface area contributed by atoms with Gasteiger partial charge in [0.05, 0.1) is 18.2 Å². The first-order valence-electron chi connectivity index (χ1n) is 7.49. The summed E-state index contributed by atoms with van der Waals surface area (Å²) in [6.45, 7) is 0.666. The summed E-state index contributed by atoms with van der Waals surface area (Å²) in [4.78, 5) is 4.45. The van der Waals surface area contributed by atoms with E-state index in [9.17, 15) is 5.26 Å². The number of benzene rings is 2. The molecular formula is C19H16ClN3. The SMILES string of the molecule is N#Cc1ccccc1Cn1ccnc1CCc1ccc(Cl)cc1. The Morgan fingerprint density at radius 3 is 2.61 bits per heavy atom. The predicted octanol–water partition coefficient (Wildman–Crippen LogP) is 4.24. The molecule has 2 aromatic carbocycles. The molecule has 0 aliphatic rings. The molecule has 3 rings (SSSR count). The van der Waals surface area contributed by atoms with Crippen LogP contribution in [0.2, 0.25) is 5.02 Å². The van der Waals surface area contributed by atoms with Crippen molar-refractivity contribution in [3.8, 4) is 6.07 Å². The van der Waals surface area contributed by atoms with Crippen LogP contribution in [-0.2, 0) is 19.4 Å².